The summed E-state index contributed by atoms with van der Waals surface area (Å²) in [6, 6.07) is 0. The van der Waals surface area contributed by atoms with E-state index in [1.54, 1.807) is 0 Å². The Bertz CT molecular complexity index is 356. The van der Waals surface area contributed by atoms with E-state index >= 15 is 0 Å². The van der Waals surface area contributed by atoms with Gasteiger partial charge in [-0.05, 0) is 13.0 Å². The van der Waals surface area contributed by atoms with Crippen molar-refractivity contribution in [3.8, 4) is 0 Å². The molecule has 5 nitrogen and oxygen atoms in total. The van der Waals surface area contributed by atoms with Gasteiger partial charge in [-0.3, -0.25) is 4.79 Å². The summed E-state index contributed by atoms with van der Waals surface area (Å²) in [6.07, 6.45) is 1.71. The zero-order valence-corrected chi connectivity index (χ0v) is 10.7. The minimum atomic E-state index is -0.414. The van der Waals surface area contributed by atoms with Crippen molar-refractivity contribution >= 4 is 22.4 Å². The van der Waals surface area contributed by atoms with Crippen molar-refractivity contribution in [2.45, 2.75) is 33.6 Å². The molecule has 0 aromatic carbocycles. The molecule has 90 valence electrons. The molecule has 0 spiro atoms. The zero-order valence-electron chi connectivity index (χ0n) is 9.91. The van der Waals surface area contributed by atoms with E-state index in [4.69, 9.17) is 5.73 Å². The van der Waals surface area contributed by atoms with E-state index in [0.717, 1.165) is 17.8 Å². The van der Waals surface area contributed by atoms with E-state index in [0.29, 0.717) is 11.7 Å². The van der Waals surface area contributed by atoms with Crippen molar-refractivity contribution in [2.24, 2.45) is 11.1 Å². The normalized spacial score (nSPS) is 11.5. The second-order valence-electron chi connectivity index (χ2n) is 4.60. The molecule has 0 aliphatic heterocycles. The van der Waals surface area contributed by atoms with E-state index in [1.165, 1.54) is 11.3 Å². The molecule has 1 aromatic heterocycles. The lowest BCUT2D eigenvalue weighted by atomic mass is 9.96. The standard InChI is InChI=1S/C10H18N4OS/c1-10(2,3)8(15)12-9-14-13-7(16-9)5-4-6-11/h4-6,11H2,1-3H3,(H,12,14,15). The highest BCUT2D eigenvalue weighted by Gasteiger charge is 2.22. The lowest BCUT2D eigenvalue weighted by Gasteiger charge is -2.15. The molecule has 0 saturated heterocycles. The highest BCUT2D eigenvalue weighted by atomic mass is 32.1. The quantitative estimate of drug-likeness (QED) is 0.836. The average molecular weight is 242 g/mol. The van der Waals surface area contributed by atoms with Crippen LogP contribution < -0.4 is 11.1 Å². The monoisotopic (exact) mass is 242 g/mol. The Kier molecular flexibility index (Phi) is 4.37. The molecule has 0 bridgehead atoms. The third-order valence-corrected chi connectivity index (χ3v) is 2.86. The molecule has 16 heavy (non-hydrogen) atoms. The summed E-state index contributed by atoms with van der Waals surface area (Å²) in [5, 5.41) is 12.1. The van der Waals surface area contributed by atoms with Crippen LogP contribution in [0.5, 0.6) is 0 Å². The van der Waals surface area contributed by atoms with Gasteiger partial charge in [0.15, 0.2) is 0 Å². The number of nitrogens with two attached hydrogens (primary N) is 1. The van der Waals surface area contributed by atoms with Gasteiger partial charge in [0.05, 0.1) is 0 Å². The molecule has 0 aliphatic rings. The first-order valence-electron chi connectivity index (χ1n) is 5.27. The van der Waals surface area contributed by atoms with Gasteiger partial charge in [0.2, 0.25) is 11.0 Å². The van der Waals surface area contributed by atoms with Gasteiger partial charge in [-0.25, -0.2) is 0 Å². The van der Waals surface area contributed by atoms with Crippen LogP contribution in [0.2, 0.25) is 0 Å². The number of carbonyl (C=O) groups excluding carboxylic acids is 1. The average Bonchev–Trinajstić information content (AvgIpc) is 2.61. The van der Waals surface area contributed by atoms with Gasteiger partial charge in [-0.2, -0.15) is 0 Å². The lowest BCUT2D eigenvalue weighted by molar-refractivity contribution is -0.123. The van der Waals surface area contributed by atoms with Crippen molar-refractivity contribution in [1.29, 1.82) is 0 Å². The summed E-state index contributed by atoms with van der Waals surface area (Å²) in [7, 11) is 0. The molecular formula is C10H18N4OS. The highest BCUT2D eigenvalue weighted by molar-refractivity contribution is 7.15. The molecule has 0 fully saturated rings. The first-order valence-corrected chi connectivity index (χ1v) is 6.09. The van der Waals surface area contributed by atoms with Crippen LogP contribution in [0.1, 0.15) is 32.2 Å². The van der Waals surface area contributed by atoms with E-state index in [1.807, 2.05) is 20.8 Å². The fourth-order valence-electron chi connectivity index (χ4n) is 0.943. The largest absolute Gasteiger partial charge is 0.330 e. The van der Waals surface area contributed by atoms with Crippen LogP contribution in [0.15, 0.2) is 0 Å². The smallest absolute Gasteiger partial charge is 0.231 e. The maximum atomic E-state index is 11.7. The fraction of sp³-hybridized carbons (Fsp3) is 0.700. The van der Waals surface area contributed by atoms with Crippen molar-refractivity contribution < 1.29 is 4.79 Å². The highest BCUT2D eigenvalue weighted by Crippen LogP contribution is 2.20. The number of amides is 1. The Morgan fingerprint density at radius 3 is 2.69 bits per heavy atom. The molecule has 6 heteroatoms. The number of nitrogens with zero attached hydrogens (tertiary/aromatic N) is 2. The number of aryl methyl sites for hydroxylation is 1. The van der Waals surface area contributed by atoms with E-state index in [9.17, 15) is 4.79 Å². The van der Waals surface area contributed by atoms with Gasteiger partial charge >= 0.3 is 0 Å². The second kappa shape index (κ2) is 5.36. The maximum absolute atomic E-state index is 11.7. The molecule has 0 unspecified atom stereocenters. The van der Waals surface area contributed by atoms with Crippen LogP contribution in [-0.2, 0) is 11.2 Å². The molecule has 0 radical (unpaired) electrons. The summed E-state index contributed by atoms with van der Waals surface area (Å²) in [4.78, 5) is 11.7. The summed E-state index contributed by atoms with van der Waals surface area (Å²) in [6.45, 7) is 6.22. The number of hydrogen-bond donors (Lipinski definition) is 2. The number of nitrogens with one attached hydrogen (secondary N) is 1. The SMILES string of the molecule is CC(C)(C)C(=O)Nc1nnc(CCCN)s1. The Morgan fingerprint density at radius 1 is 1.44 bits per heavy atom. The lowest BCUT2D eigenvalue weighted by Crippen LogP contribution is -2.27. The number of carbonyl (C=O) groups is 1. The Hall–Kier alpha value is -1.01. The fourth-order valence-corrected chi connectivity index (χ4v) is 1.72. The summed E-state index contributed by atoms with van der Waals surface area (Å²) >= 11 is 1.41. The third-order valence-electron chi connectivity index (χ3n) is 1.96. The van der Waals surface area contributed by atoms with E-state index < -0.39 is 5.41 Å². The number of hydrogen-bond acceptors (Lipinski definition) is 5. The van der Waals surface area contributed by atoms with Gasteiger partial charge in [0.25, 0.3) is 0 Å². The van der Waals surface area contributed by atoms with Crippen molar-refractivity contribution in [1.82, 2.24) is 10.2 Å². The minimum absolute atomic E-state index is 0.0472. The van der Waals surface area contributed by atoms with E-state index in [-0.39, 0.29) is 5.91 Å². The van der Waals surface area contributed by atoms with Crippen molar-refractivity contribution in [3.05, 3.63) is 5.01 Å². The maximum Gasteiger partial charge on any atom is 0.231 e. The first kappa shape index (κ1) is 13.1. The van der Waals surface area contributed by atoms with Gasteiger partial charge in [0, 0.05) is 11.8 Å². The number of aromatic nitrogens is 2. The molecule has 1 heterocycles. The Morgan fingerprint density at radius 2 is 2.12 bits per heavy atom. The predicted octanol–water partition coefficient (Wildman–Crippen LogP) is 1.41. The summed E-state index contributed by atoms with van der Waals surface area (Å²) < 4.78 is 0. The molecule has 0 aliphatic carbocycles. The van der Waals surface area contributed by atoms with Gasteiger partial charge in [0.1, 0.15) is 5.01 Å². The van der Waals surface area contributed by atoms with Crippen molar-refractivity contribution in [3.63, 3.8) is 0 Å². The third kappa shape index (κ3) is 3.86. The van der Waals surface area contributed by atoms with E-state index in [2.05, 4.69) is 15.5 Å². The topological polar surface area (TPSA) is 80.9 Å². The van der Waals surface area contributed by atoms with Crippen LogP contribution in [0, 0.1) is 5.41 Å². The van der Waals surface area contributed by atoms with Crippen LogP contribution in [0.25, 0.3) is 0 Å². The van der Waals surface area contributed by atoms with Crippen LogP contribution in [0.4, 0.5) is 5.13 Å². The minimum Gasteiger partial charge on any atom is -0.330 e. The van der Waals surface area contributed by atoms with Crippen molar-refractivity contribution in [2.75, 3.05) is 11.9 Å². The molecule has 0 saturated carbocycles. The second-order valence-corrected chi connectivity index (χ2v) is 5.66. The molecule has 1 rings (SSSR count). The molecular weight excluding hydrogens is 224 g/mol. The molecule has 3 N–H and O–H groups in total. The summed E-state index contributed by atoms with van der Waals surface area (Å²) in [5.74, 6) is -0.0472. The zero-order chi connectivity index (χ0) is 12.2. The van der Waals surface area contributed by atoms with Crippen LogP contribution >= 0.6 is 11.3 Å². The molecule has 0 atom stereocenters. The molecule has 1 amide bonds. The van der Waals surface area contributed by atoms with Gasteiger partial charge < -0.3 is 11.1 Å². The first-order chi connectivity index (χ1) is 7.43. The number of anilines is 1. The Labute approximate surface area is 99.5 Å². The van der Waals surface area contributed by atoms with Crippen LogP contribution in [-0.4, -0.2) is 22.6 Å². The Balaban J connectivity index is 2.55. The van der Waals surface area contributed by atoms with Gasteiger partial charge in [-0.1, -0.05) is 32.1 Å². The van der Waals surface area contributed by atoms with Gasteiger partial charge in [-0.15, -0.1) is 10.2 Å². The summed E-state index contributed by atoms with van der Waals surface area (Å²) in [5.41, 5.74) is 4.99. The van der Waals surface area contributed by atoms with Crippen LogP contribution in [0.3, 0.4) is 0 Å². The molecule has 1 aromatic rings. The number of rotatable bonds is 4. The predicted molar refractivity (Wildman–Crippen MR) is 65.4 cm³/mol.